The van der Waals surface area contributed by atoms with Gasteiger partial charge in [0.1, 0.15) is 28.6 Å². The van der Waals surface area contributed by atoms with E-state index in [1.165, 1.54) is 0 Å². The van der Waals surface area contributed by atoms with Crippen molar-refractivity contribution >= 4 is 23.2 Å². The Kier molecular flexibility index (Phi) is 6.30. The van der Waals surface area contributed by atoms with Crippen LogP contribution in [-0.2, 0) is 33.9 Å². The summed E-state index contributed by atoms with van der Waals surface area (Å²) < 4.78 is 5.85. The molecule has 0 spiro atoms. The van der Waals surface area contributed by atoms with Crippen molar-refractivity contribution in [1.29, 1.82) is 0 Å². The van der Waals surface area contributed by atoms with E-state index in [4.69, 9.17) is 10.5 Å². The Morgan fingerprint density at radius 2 is 1.79 bits per heavy atom. The third-order valence-corrected chi connectivity index (χ3v) is 9.03. The Morgan fingerprint density at radius 3 is 2.37 bits per heavy atom. The lowest BCUT2D eigenvalue weighted by atomic mass is 9.59. The summed E-state index contributed by atoms with van der Waals surface area (Å²) in [5.74, 6) is -5.12. The minimum atomic E-state index is -1.27. The molecule has 1 heterocycles. The monoisotopic (exact) mass is 525 g/mol. The number of primary amides is 1. The molecule has 0 bridgehead atoms. The number of hydrogen-bond acceptors (Lipinski definition) is 9. The lowest BCUT2D eigenvalue weighted by Crippen LogP contribution is -2.55. The first-order valence-electron chi connectivity index (χ1n) is 13.0. The molecule has 0 saturated heterocycles. The quantitative estimate of drug-likeness (QED) is 0.334. The van der Waals surface area contributed by atoms with Gasteiger partial charge < -0.3 is 25.8 Å². The number of carbonyl (C=O) groups excluding carboxylic acids is 3. The number of aromatic hydroxyl groups is 1. The Balaban J connectivity index is 1.66. The van der Waals surface area contributed by atoms with E-state index < -0.39 is 52.6 Å². The highest BCUT2D eigenvalue weighted by Gasteiger charge is 2.56. The molecule has 1 unspecified atom stereocenters. The summed E-state index contributed by atoms with van der Waals surface area (Å²) in [7, 11) is 4.96. The predicted molar refractivity (Wildman–Crippen MR) is 138 cm³/mol. The summed E-state index contributed by atoms with van der Waals surface area (Å²) in [5, 5.41) is 33.8. The van der Waals surface area contributed by atoms with Crippen LogP contribution in [0, 0.1) is 17.8 Å². The molecule has 204 valence electrons. The number of amides is 1. The minimum Gasteiger partial charge on any atom is -0.510 e. The first-order valence-corrected chi connectivity index (χ1v) is 13.0. The average molecular weight is 526 g/mol. The maximum Gasteiger partial charge on any atom is 0.255 e. The van der Waals surface area contributed by atoms with Gasteiger partial charge in [-0.2, -0.15) is 0 Å². The van der Waals surface area contributed by atoms with Crippen LogP contribution in [0.25, 0.3) is 5.76 Å². The van der Waals surface area contributed by atoms with Gasteiger partial charge in [0.15, 0.2) is 11.6 Å². The topological polar surface area (TPSA) is 154 Å². The fourth-order valence-electron chi connectivity index (χ4n) is 7.09. The smallest absolute Gasteiger partial charge is 0.255 e. The molecule has 1 fully saturated rings. The number of phenolic OH excluding ortho intramolecular Hbond substituents is 1. The van der Waals surface area contributed by atoms with Gasteiger partial charge in [-0.25, -0.2) is 0 Å². The molecule has 4 aliphatic rings. The number of ketones is 2. The zero-order valence-corrected chi connectivity index (χ0v) is 22.4. The molecule has 3 aliphatic carbocycles. The molecule has 5 rings (SSSR count). The van der Waals surface area contributed by atoms with Crippen molar-refractivity contribution in [2.24, 2.45) is 23.5 Å². The minimum absolute atomic E-state index is 0.0727. The number of hydrogen-bond donors (Lipinski definition) is 4. The highest BCUT2D eigenvalue weighted by atomic mass is 16.5. The summed E-state index contributed by atoms with van der Waals surface area (Å²) in [6, 6.07) is -0.495. The van der Waals surface area contributed by atoms with Crippen LogP contribution in [-0.4, -0.2) is 75.9 Å². The van der Waals surface area contributed by atoms with E-state index in [-0.39, 0.29) is 28.7 Å². The van der Waals surface area contributed by atoms with Crippen LogP contribution < -0.4 is 10.5 Å². The molecule has 10 nitrogen and oxygen atoms in total. The molecule has 38 heavy (non-hydrogen) atoms. The van der Waals surface area contributed by atoms with Crippen LogP contribution in [0.3, 0.4) is 0 Å². The van der Waals surface area contributed by atoms with Crippen LogP contribution in [0.5, 0.6) is 11.5 Å². The van der Waals surface area contributed by atoms with Crippen molar-refractivity contribution in [2.75, 3.05) is 21.2 Å². The first kappa shape index (κ1) is 26.2. The normalized spacial score (nSPS) is 27.7. The van der Waals surface area contributed by atoms with Crippen LogP contribution in [0.2, 0.25) is 0 Å². The average Bonchev–Trinajstić information content (AvgIpc) is 3.28. The van der Waals surface area contributed by atoms with Crippen molar-refractivity contribution < 1.29 is 34.4 Å². The number of nitrogens with zero attached hydrogens (tertiary/aromatic N) is 2. The van der Waals surface area contributed by atoms with Crippen molar-refractivity contribution in [3.8, 4) is 11.5 Å². The molecular weight excluding hydrogens is 490 g/mol. The zero-order chi connectivity index (χ0) is 27.8. The first-order chi connectivity index (χ1) is 17.9. The molecule has 1 amide bonds. The number of phenols is 1. The third-order valence-electron chi connectivity index (χ3n) is 9.03. The maximum absolute atomic E-state index is 13.9. The number of aliphatic hydroxyl groups excluding tert-OH is 2. The molecular formula is C28H35N3O7. The summed E-state index contributed by atoms with van der Waals surface area (Å²) in [4.78, 5) is 43.2. The van der Waals surface area contributed by atoms with E-state index in [0.717, 1.165) is 12.0 Å². The predicted octanol–water partition coefficient (Wildman–Crippen LogP) is 1.97. The van der Waals surface area contributed by atoms with Gasteiger partial charge in [-0.3, -0.25) is 24.2 Å². The highest BCUT2D eigenvalue weighted by molar-refractivity contribution is 6.28. The van der Waals surface area contributed by atoms with E-state index >= 15 is 0 Å². The van der Waals surface area contributed by atoms with Gasteiger partial charge in [0, 0.05) is 41.4 Å². The van der Waals surface area contributed by atoms with E-state index in [1.807, 2.05) is 0 Å². The molecule has 5 N–H and O–H groups in total. The van der Waals surface area contributed by atoms with Gasteiger partial charge >= 0.3 is 0 Å². The molecule has 0 radical (unpaired) electrons. The van der Waals surface area contributed by atoms with Crippen LogP contribution in [0.15, 0.2) is 16.9 Å². The van der Waals surface area contributed by atoms with Crippen LogP contribution >= 0.6 is 0 Å². The van der Waals surface area contributed by atoms with E-state index in [1.54, 1.807) is 26.1 Å². The standard InChI is InChI=1S/C28H35N3O7/c1-6-11(2)31-9-15-16(10-31)27(38-5)14-8-12-7-13-18(23(33)17(12)24(34)19(14)22(15)32)25(35)20(28(29)37)26(36)21(13)30(3)4/h11-13,18,21,32,34,36H,6-10H2,1-5H3,(H2,29,37)/t11-,12-,13-,18?,21+/m1/s1. The summed E-state index contributed by atoms with van der Waals surface area (Å²) in [6.45, 7) is 5.30. The Bertz CT molecular complexity index is 1330. The lowest BCUT2D eigenvalue weighted by Gasteiger charge is -2.46. The molecule has 1 aromatic rings. The van der Waals surface area contributed by atoms with Crippen molar-refractivity contribution in [1.82, 2.24) is 9.80 Å². The Labute approximate surface area is 221 Å². The second-order valence-electron chi connectivity index (χ2n) is 11.2. The molecule has 1 saturated carbocycles. The van der Waals surface area contributed by atoms with Crippen molar-refractivity contribution in [2.45, 2.75) is 58.3 Å². The highest BCUT2D eigenvalue weighted by Crippen LogP contribution is 2.54. The number of nitrogens with two attached hydrogens (primary N) is 1. The number of carbonyl (C=O) groups is 3. The van der Waals surface area contributed by atoms with E-state index in [0.29, 0.717) is 42.8 Å². The van der Waals surface area contributed by atoms with Crippen molar-refractivity contribution in [3.63, 3.8) is 0 Å². The summed E-state index contributed by atoms with van der Waals surface area (Å²) >= 11 is 0. The van der Waals surface area contributed by atoms with Gasteiger partial charge in [0.05, 0.1) is 24.6 Å². The fraction of sp³-hybridized carbons (Fsp3) is 0.536. The van der Waals surface area contributed by atoms with E-state index in [9.17, 15) is 29.7 Å². The van der Waals surface area contributed by atoms with Crippen molar-refractivity contribution in [3.05, 3.63) is 39.2 Å². The lowest BCUT2D eigenvalue weighted by molar-refractivity contribution is -0.136. The van der Waals surface area contributed by atoms with Gasteiger partial charge in [-0.15, -0.1) is 0 Å². The number of rotatable bonds is 5. The second-order valence-corrected chi connectivity index (χ2v) is 11.2. The third kappa shape index (κ3) is 3.50. The van der Waals surface area contributed by atoms with Crippen LogP contribution in [0.4, 0.5) is 0 Å². The number of aliphatic hydroxyl groups is 2. The molecule has 5 atom stereocenters. The number of likely N-dealkylation sites (N-methyl/N-ethyl adjacent to an activating group) is 1. The summed E-state index contributed by atoms with van der Waals surface area (Å²) in [6.07, 6.45) is 1.55. The largest absolute Gasteiger partial charge is 0.510 e. The number of benzene rings is 1. The number of Topliss-reactive ketones (excluding diaryl/α,β-unsaturated/α-hetero) is 2. The number of ether oxygens (including phenoxy) is 1. The summed E-state index contributed by atoms with van der Waals surface area (Å²) in [5.41, 5.74) is 7.28. The number of allylic oxidation sites excluding steroid dienone is 1. The molecule has 10 heteroatoms. The Morgan fingerprint density at radius 1 is 1.13 bits per heavy atom. The van der Waals surface area contributed by atoms with Gasteiger partial charge in [0.2, 0.25) is 0 Å². The number of fused-ring (bicyclic) bond motifs is 4. The maximum atomic E-state index is 13.9. The van der Waals surface area contributed by atoms with Gasteiger partial charge in [0.25, 0.3) is 5.91 Å². The molecule has 1 aliphatic heterocycles. The zero-order valence-electron chi connectivity index (χ0n) is 22.4. The molecule has 0 aromatic heterocycles. The van der Waals surface area contributed by atoms with Gasteiger partial charge in [-0.1, -0.05) is 6.92 Å². The Hall–Kier alpha value is -3.37. The second kappa shape index (κ2) is 9.13. The van der Waals surface area contributed by atoms with Crippen LogP contribution in [0.1, 0.15) is 48.9 Å². The van der Waals surface area contributed by atoms with E-state index in [2.05, 4.69) is 18.7 Å². The molecule has 1 aromatic carbocycles. The number of methoxy groups -OCH3 is 1. The van der Waals surface area contributed by atoms with Gasteiger partial charge in [-0.05, 0) is 52.1 Å². The SMILES string of the molecule is CC[C@@H](C)N1Cc2c(O)c3c(c(OC)c2C1)C[C@H]1C[C@@H]2C(C(=O)C(C(N)=O)=C(O)[C@H]2N(C)C)C(=O)C1=C3O. The fourth-order valence-corrected chi connectivity index (χ4v) is 7.09.